The first kappa shape index (κ1) is 23.7. The molecule has 2 saturated heterocycles. The molecule has 0 saturated carbocycles. The molecule has 2 aliphatic rings. The smallest absolute Gasteiger partial charge is 0.242 e. The van der Waals surface area contributed by atoms with E-state index in [1.165, 1.54) is 6.20 Å². The van der Waals surface area contributed by atoms with E-state index >= 15 is 0 Å². The molecule has 2 amide bonds. The summed E-state index contributed by atoms with van der Waals surface area (Å²) in [5, 5.41) is 3.17. The Morgan fingerprint density at radius 1 is 1.15 bits per heavy atom. The second-order valence-electron chi connectivity index (χ2n) is 8.89. The zero-order valence-electron chi connectivity index (χ0n) is 19.0. The molecule has 9 nitrogen and oxygen atoms in total. The van der Waals surface area contributed by atoms with E-state index in [0.717, 1.165) is 12.8 Å². The van der Waals surface area contributed by atoms with Gasteiger partial charge < -0.3 is 24.3 Å². The summed E-state index contributed by atoms with van der Waals surface area (Å²) < 4.78 is 39.1. The number of morpholine rings is 1. The van der Waals surface area contributed by atoms with Gasteiger partial charge in [-0.3, -0.25) is 9.59 Å². The van der Waals surface area contributed by atoms with Crippen LogP contribution in [0.2, 0.25) is 0 Å². The Balaban J connectivity index is 1.51. The highest BCUT2D eigenvalue weighted by molar-refractivity contribution is 7.92. The first-order valence-electron chi connectivity index (χ1n) is 11.3. The largest absolute Gasteiger partial charge is 0.376 e. The van der Waals surface area contributed by atoms with E-state index in [4.69, 9.17) is 9.47 Å². The summed E-state index contributed by atoms with van der Waals surface area (Å²) in [6, 6.07) is 7.03. The first-order chi connectivity index (χ1) is 15.7. The van der Waals surface area contributed by atoms with Crippen LogP contribution in [-0.4, -0.2) is 80.0 Å². The van der Waals surface area contributed by atoms with Crippen LogP contribution in [0.1, 0.15) is 26.7 Å². The third-order valence-electron chi connectivity index (χ3n) is 6.04. The lowest BCUT2D eigenvalue weighted by molar-refractivity contribution is -0.143. The second-order valence-corrected chi connectivity index (χ2v) is 10.9. The van der Waals surface area contributed by atoms with Crippen LogP contribution in [-0.2, 0) is 35.4 Å². The normalized spacial score (nSPS) is 23.7. The molecule has 3 atom stereocenters. The number of aromatic nitrogens is 1. The molecule has 4 rings (SSSR count). The number of para-hydroxylation sites is 1. The molecule has 3 heterocycles. The van der Waals surface area contributed by atoms with Crippen LogP contribution < -0.4 is 5.32 Å². The molecular formula is C23H31N3O6S. The monoisotopic (exact) mass is 477 g/mol. The molecule has 2 aliphatic heterocycles. The molecule has 0 bridgehead atoms. The van der Waals surface area contributed by atoms with Gasteiger partial charge in [0.1, 0.15) is 12.3 Å². The van der Waals surface area contributed by atoms with Gasteiger partial charge in [0.25, 0.3) is 0 Å². The Hall–Kier alpha value is -2.43. The van der Waals surface area contributed by atoms with Crippen molar-refractivity contribution < 1.29 is 27.5 Å². The second kappa shape index (κ2) is 9.82. The van der Waals surface area contributed by atoms with Crippen LogP contribution in [0.3, 0.4) is 0 Å². The van der Waals surface area contributed by atoms with Crippen LogP contribution >= 0.6 is 0 Å². The van der Waals surface area contributed by atoms with Crippen molar-refractivity contribution in [1.82, 2.24) is 14.8 Å². The van der Waals surface area contributed by atoms with Gasteiger partial charge in [-0.15, -0.1) is 0 Å². The fourth-order valence-electron chi connectivity index (χ4n) is 4.55. The van der Waals surface area contributed by atoms with E-state index < -0.39 is 21.5 Å². The van der Waals surface area contributed by atoms with Crippen molar-refractivity contribution in [2.24, 2.45) is 0 Å². The van der Waals surface area contributed by atoms with E-state index in [9.17, 15) is 18.0 Å². The maximum absolute atomic E-state index is 13.1. The van der Waals surface area contributed by atoms with E-state index in [2.05, 4.69) is 5.32 Å². The minimum Gasteiger partial charge on any atom is -0.376 e. The number of fused-ring (bicyclic) bond motifs is 1. The van der Waals surface area contributed by atoms with Crippen molar-refractivity contribution in [3.8, 4) is 0 Å². The van der Waals surface area contributed by atoms with E-state index in [0.29, 0.717) is 37.1 Å². The minimum absolute atomic E-state index is 0.0146. The molecule has 0 spiro atoms. The molecule has 0 unspecified atom stereocenters. The van der Waals surface area contributed by atoms with Gasteiger partial charge in [0.05, 0.1) is 23.2 Å². The van der Waals surface area contributed by atoms with Gasteiger partial charge in [0.2, 0.25) is 11.8 Å². The number of benzene rings is 1. The topological polar surface area (TPSA) is 107 Å². The molecule has 1 aromatic heterocycles. The number of ether oxygens (including phenoxy) is 2. The van der Waals surface area contributed by atoms with Gasteiger partial charge in [0, 0.05) is 43.3 Å². The Morgan fingerprint density at radius 2 is 1.88 bits per heavy atom. The predicted molar refractivity (Wildman–Crippen MR) is 123 cm³/mol. The fraction of sp³-hybridized carbons (Fsp3) is 0.565. The van der Waals surface area contributed by atoms with Crippen molar-refractivity contribution in [2.45, 2.75) is 56.4 Å². The average molecular weight is 478 g/mol. The minimum atomic E-state index is -3.91. The molecule has 2 aromatic rings. The summed E-state index contributed by atoms with van der Waals surface area (Å²) in [7, 11) is -3.91. The zero-order chi connectivity index (χ0) is 23.6. The third kappa shape index (κ3) is 5.56. The Morgan fingerprint density at radius 3 is 2.58 bits per heavy atom. The number of carbonyl (C=O) groups is 2. The number of hydrogen-bond acceptors (Lipinski definition) is 6. The zero-order valence-corrected chi connectivity index (χ0v) is 19.8. The van der Waals surface area contributed by atoms with Crippen LogP contribution in [0.15, 0.2) is 35.4 Å². The van der Waals surface area contributed by atoms with Gasteiger partial charge >= 0.3 is 0 Å². The number of sulfone groups is 1. The highest BCUT2D eigenvalue weighted by Crippen LogP contribution is 2.27. The van der Waals surface area contributed by atoms with Crippen molar-refractivity contribution >= 4 is 32.6 Å². The first-order valence-corrected chi connectivity index (χ1v) is 13.0. The summed E-state index contributed by atoms with van der Waals surface area (Å²) >= 11 is 0. The predicted octanol–water partition coefficient (Wildman–Crippen LogP) is 1.35. The lowest BCUT2D eigenvalue weighted by atomic mass is 10.2. The summed E-state index contributed by atoms with van der Waals surface area (Å²) in [4.78, 5) is 27.1. The molecule has 0 aliphatic carbocycles. The van der Waals surface area contributed by atoms with E-state index in [-0.39, 0.29) is 35.7 Å². The molecule has 33 heavy (non-hydrogen) atoms. The maximum Gasteiger partial charge on any atom is 0.242 e. The highest BCUT2D eigenvalue weighted by Gasteiger charge is 2.28. The van der Waals surface area contributed by atoms with Gasteiger partial charge in [-0.1, -0.05) is 18.2 Å². The van der Waals surface area contributed by atoms with Crippen molar-refractivity contribution in [2.75, 3.05) is 32.0 Å². The van der Waals surface area contributed by atoms with Crippen LogP contribution in [0.4, 0.5) is 0 Å². The van der Waals surface area contributed by atoms with Crippen molar-refractivity contribution in [1.29, 1.82) is 0 Å². The average Bonchev–Trinajstić information content (AvgIpc) is 3.40. The number of nitrogens with one attached hydrogen (secondary N) is 1. The Bertz CT molecular complexity index is 1110. The highest BCUT2D eigenvalue weighted by atomic mass is 32.2. The molecule has 10 heteroatoms. The summed E-state index contributed by atoms with van der Waals surface area (Å²) in [5.41, 5.74) is 0.638. The standard InChI is InChI=1S/C23H31N3O6S/c1-16-11-26(12-17(2)32-16)23(28)14-25-13-21(19-7-3-4-8-20(19)25)33(29,30)15-22(27)24-10-18-6-5-9-31-18/h3-4,7-8,13,16-18H,5-6,9-12,14-15H2,1-2H3,(H,24,27)/t16-,17+,18-/m1/s1. The molecule has 0 radical (unpaired) electrons. The molecule has 1 N–H and O–H groups in total. The number of carbonyl (C=O) groups excluding carboxylic acids is 2. The van der Waals surface area contributed by atoms with Crippen LogP contribution in [0.25, 0.3) is 10.9 Å². The summed E-state index contributed by atoms with van der Waals surface area (Å²) in [6.07, 6.45) is 3.11. The fourth-order valence-corrected chi connectivity index (χ4v) is 5.95. The van der Waals surface area contributed by atoms with Gasteiger partial charge in [-0.05, 0) is 32.8 Å². The number of amides is 2. The van der Waals surface area contributed by atoms with Crippen molar-refractivity contribution in [3.63, 3.8) is 0 Å². The maximum atomic E-state index is 13.1. The molecular weight excluding hydrogens is 446 g/mol. The quantitative estimate of drug-likeness (QED) is 0.645. The summed E-state index contributed by atoms with van der Waals surface area (Å²) in [5.74, 6) is -1.31. The third-order valence-corrected chi connectivity index (χ3v) is 7.67. The van der Waals surface area contributed by atoms with Crippen LogP contribution in [0.5, 0.6) is 0 Å². The van der Waals surface area contributed by atoms with E-state index in [1.807, 2.05) is 13.8 Å². The summed E-state index contributed by atoms with van der Waals surface area (Å²) in [6.45, 7) is 5.84. The lowest BCUT2D eigenvalue weighted by Crippen LogP contribution is -2.49. The van der Waals surface area contributed by atoms with Crippen LogP contribution in [0, 0.1) is 0 Å². The molecule has 180 valence electrons. The number of rotatable bonds is 7. The Kier molecular flexibility index (Phi) is 7.06. The Labute approximate surface area is 193 Å². The SMILES string of the molecule is C[C@@H]1CN(C(=O)Cn2cc(S(=O)(=O)CC(=O)NC[C@H]3CCCO3)c3ccccc32)C[C@H](C)O1. The lowest BCUT2D eigenvalue weighted by Gasteiger charge is -2.35. The number of hydrogen-bond donors (Lipinski definition) is 1. The van der Waals surface area contributed by atoms with E-state index in [1.54, 1.807) is 33.7 Å². The van der Waals surface area contributed by atoms with Gasteiger partial charge in [-0.25, -0.2) is 8.42 Å². The molecule has 2 fully saturated rings. The number of nitrogens with zero attached hydrogens (tertiary/aromatic N) is 2. The van der Waals surface area contributed by atoms with Gasteiger partial charge in [0.15, 0.2) is 9.84 Å². The molecule has 1 aromatic carbocycles. The van der Waals surface area contributed by atoms with Crippen molar-refractivity contribution in [3.05, 3.63) is 30.5 Å². The van der Waals surface area contributed by atoms with Gasteiger partial charge in [-0.2, -0.15) is 0 Å².